The highest BCUT2D eigenvalue weighted by atomic mass is 15.1. The average molecular weight is 249 g/mol. The number of aromatic nitrogens is 2. The van der Waals surface area contributed by atoms with Crippen LogP contribution in [0.4, 0.5) is 0 Å². The molecule has 0 fully saturated rings. The molecule has 2 N–H and O–H groups in total. The summed E-state index contributed by atoms with van der Waals surface area (Å²) >= 11 is 0. The zero-order valence-corrected chi connectivity index (χ0v) is 12.1. The van der Waals surface area contributed by atoms with Crippen molar-refractivity contribution in [2.45, 2.75) is 77.8 Å². The van der Waals surface area contributed by atoms with Crippen LogP contribution in [0.3, 0.4) is 0 Å². The van der Waals surface area contributed by atoms with Crippen LogP contribution < -0.4 is 5.73 Å². The Kier molecular flexibility index (Phi) is 4.44. The molecule has 0 amide bonds. The molecule has 0 aromatic carbocycles. The van der Waals surface area contributed by atoms with Gasteiger partial charge in [-0.25, -0.2) is 4.98 Å². The zero-order chi connectivity index (χ0) is 13.1. The van der Waals surface area contributed by atoms with Crippen molar-refractivity contribution in [3.05, 3.63) is 17.2 Å². The molecule has 0 aliphatic heterocycles. The van der Waals surface area contributed by atoms with E-state index in [9.17, 15) is 0 Å². The molecule has 2 atom stereocenters. The molecule has 1 aliphatic rings. The van der Waals surface area contributed by atoms with Crippen LogP contribution in [-0.2, 0) is 12.8 Å². The van der Waals surface area contributed by atoms with E-state index < -0.39 is 0 Å². The van der Waals surface area contributed by atoms with Gasteiger partial charge in [-0.05, 0) is 45.4 Å². The average Bonchev–Trinajstić information content (AvgIpc) is 2.68. The SMILES string of the molecule is CCCC(N)C(CC)n1c(C)nc2c1CCCC2. The number of fused-ring (bicyclic) bond motifs is 1. The highest BCUT2D eigenvalue weighted by Gasteiger charge is 2.25. The smallest absolute Gasteiger partial charge is 0.106 e. The molecule has 0 spiro atoms. The minimum atomic E-state index is 0.263. The van der Waals surface area contributed by atoms with Gasteiger partial charge in [0.15, 0.2) is 0 Å². The van der Waals surface area contributed by atoms with Crippen molar-refractivity contribution in [2.24, 2.45) is 5.73 Å². The van der Waals surface area contributed by atoms with Gasteiger partial charge in [-0.1, -0.05) is 20.3 Å². The van der Waals surface area contributed by atoms with Gasteiger partial charge >= 0.3 is 0 Å². The summed E-state index contributed by atoms with van der Waals surface area (Å²) < 4.78 is 2.45. The minimum absolute atomic E-state index is 0.263. The molecule has 1 heterocycles. The Hall–Kier alpha value is -0.830. The topological polar surface area (TPSA) is 43.8 Å². The van der Waals surface area contributed by atoms with Crippen molar-refractivity contribution in [3.8, 4) is 0 Å². The molecule has 1 aromatic rings. The van der Waals surface area contributed by atoms with Gasteiger partial charge in [0.2, 0.25) is 0 Å². The number of imidazole rings is 1. The Morgan fingerprint density at radius 3 is 2.67 bits per heavy atom. The molecule has 18 heavy (non-hydrogen) atoms. The summed E-state index contributed by atoms with van der Waals surface area (Å²) in [6.07, 6.45) is 8.30. The summed E-state index contributed by atoms with van der Waals surface area (Å²) in [6.45, 7) is 6.59. The van der Waals surface area contributed by atoms with Crippen LogP contribution in [0.5, 0.6) is 0 Å². The molecule has 0 radical (unpaired) electrons. The fraction of sp³-hybridized carbons (Fsp3) is 0.800. The van der Waals surface area contributed by atoms with E-state index in [2.05, 4.69) is 25.3 Å². The summed E-state index contributed by atoms with van der Waals surface area (Å²) in [5.41, 5.74) is 9.19. The van der Waals surface area contributed by atoms with Crippen molar-refractivity contribution < 1.29 is 0 Å². The maximum absolute atomic E-state index is 6.38. The Balaban J connectivity index is 2.32. The second-order valence-corrected chi connectivity index (χ2v) is 5.56. The Labute approximate surface area is 111 Å². The third-order valence-corrected chi connectivity index (χ3v) is 4.21. The molecule has 2 rings (SSSR count). The van der Waals surface area contributed by atoms with Crippen LogP contribution in [0.2, 0.25) is 0 Å². The molecule has 3 heteroatoms. The predicted octanol–water partition coefficient (Wildman–Crippen LogP) is 3.15. The van der Waals surface area contributed by atoms with Crippen molar-refractivity contribution >= 4 is 0 Å². The van der Waals surface area contributed by atoms with Crippen LogP contribution >= 0.6 is 0 Å². The molecule has 1 aromatic heterocycles. The summed E-state index contributed by atoms with van der Waals surface area (Å²) in [6, 6.07) is 0.693. The van der Waals surface area contributed by atoms with Gasteiger partial charge < -0.3 is 10.3 Å². The standard InChI is InChI=1S/C15H27N3/c1-4-8-12(16)14(5-2)18-11(3)17-13-9-6-7-10-15(13)18/h12,14H,4-10,16H2,1-3H3. The molecule has 2 unspecified atom stereocenters. The fourth-order valence-electron chi connectivity index (χ4n) is 3.34. The molecule has 0 saturated carbocycles. The number of hydrogen-bond donors (Lipinski definition) is 1. The number of hydrogen-bond acceptors (Lipinski definition) is 2. The molecule has 0 saturated heterocycles. The third-order valence-electron chi connectivity index (χ3n) is 4.21. The molecular formula is C15H27N3. The first-order chi connectivity index (χ1) is 8.69. The largest absolute Gasteiger partial charge is 0.327 e. The summed E-state index contributed by atoms with van der Waals surface area (Å²) in [5.74, 6) is 1.17. The maximum atomic E-state index is 6.38. The monoisotopic (exact) mass is 249 g/mol. The van der Waals surface area contributed by atoms with E-state index in [0.29, 0.717) is 6.04 Å². The highest BCUT2D eigenvalue weighted by Crippen LogP contribution is 2.28. The van der Waals surface area contributed by atoms with Gasteiger partial charge in [-0.15, -0.1) is 0 Å². The first-order valence-corrected chi connectivity index (χ1v) is 7.51. The highest BCUT2D eigenvalue weighted by molar-refractivity contribution is 5.21. The Morgan fingerprint density at radius 1 is 1.28 bits per heavy atom. The van der Waals surface area contributed by atoms with E-state index in [4.69, 9.17) is 10.7 Å². The van der Waals surface area contributed by atoms with E-state index in [1.165, 1.54) is 36.5 Å². The van der Waals surface area contributed by atoms with Crippen LogP contribution in [-0.4, -0.2) is 15.6 Å². The lowest BCUT2D eigenvalue weighted by molar-refractivity contribution is 0.361. The van der Waals surface area contributed by atoms with Crippen LogP contribution in [0, 0.1) is 6.92 Å². The quantitative estimate of drug-likeness (QED) is 0.871. The van der Waals surface area contributed by atoms with Gasteiger partial charge in [0.05, 0.1) is 5.69 Å². The molecule has 3 nitrogen and oxygen atoms in total. The van der Waals surface area contributed by atoms with E-state index >= 15 is 0 Å². The van der Waals surface area contributed by atoms with E-state index in [1.807, 2.05) is 0 Å². The number of rotatable bonds is 5. The molecule has 1 aliphatic carbocycles. The Morgan fingerprint density at radius 2 is 2.00 bits per heavy atom. The summed E-state index contributed by atoms with van der Waals surface area (Å²) in [7, 11) is 0. The number of nitrogens with zero attached hydrogens (tertiary/aromatic N) is 2. The lowest BCUT2D eigenvalue weighted by Crippen LogP contribution is -2.33. The molecule has 102 valence electrons. The normalized spacial score (nSPS) is 18.4. The third kappa shape index (κ3) is 2.46. The van der Waals surface area contributed by atoms with Crippen LogP contribution in [0.25, 0.3) is 0 Å². The molecular weight excluding hydrogens is 222 g/mol. The second kappa shape index (κ2) is 5.87. The lowest BCUT2D eigenvalue weighted by Gasteiger charge is -2.28. The van der Waals surface area contributed by atoms with Gasteiger partial charge in [-0.2, -0.15) is 0 Å². The van der Waals surface area contributed by atoms with Crippen LogP contribution in [0.15, 0.2) is 0 Å². The van der Waals surface area contributed by atoms with Crippen molar-refractivity contribution in [2.75, 3.05) is 0 Å². The predicted molar refractivity (Wildman–Crippen MR) is 75.8 cm³/mol. The first kappa shape index (κ1) is 13.6. The van der Waals surface area contributed by atoms with Crippen LogP contribution in [0.1, 0.15) is 69.2 Å². The van der Waals surface area contributed by atoms with Gasteiger partial charge in [0.1, 0.15) is 5.82 Å². The van der Waals surface area contributed by atoms with E-state index in [0.717, 1.165) is 25.7 Å². The van der Waals surface area contributed by atoms with Crippen molar-refractivity contribution in [3.63, 3.8) is 0 Å². The fourth-order valence-corrected chi connectivity index (χ4v) is 3.34. The van der Waals surface area contributed by atoms with E-state index in [1.54, 1.807) is 0 Å². The van der Waals surface area contributed by atoms with Gasteiger partial charge in [0.25, 0.3) is 0 Å². The van der Waals surface area contributed by atoms with Gasteiger partial charge in [-0.3, -0.25) is 0 Å². The van der Waals surface area contributed by atoms with Gasteiger partial charge in [0, 0.05) is 17.8 Å². The summed E-state index contributed by atoms with van der Waals surface area (Å²) in [5, 5.41) is 0. The van der Waals surface area contributed by atoms with Crippen molar-refractivity contribution in [1.29, 1.82) is 0 Å². The van der Waals surface area contributed by atoms with Crippen molar-refractivity contribution in [1.82, 2.24) is 9.55 Å². The minimum Gasteiger partial charge on any atom is -0.327 e. The summed E-state index contributed by atoms with van der Waals surface area (Å²) in [4.78, 5) is 4.77. The number of aryl methyl sites for hydroxylation is 2. The maximum Gasteiger partial charge on any atom is 0.106 e. The second-order valence-electron chi connectivity index (χ2n) is 5.56. The first-order valence-electron chi connectivity index (χ1n) is 7.51. The Bertz CT molecular complexity index is 395. The molecule has 0 bridgehead atoms. The number of nitrogens with two attached hydrogens (primary N) is 1. The lowest BCUT2D eigenvalue weighted by atomic mass is 9.97. The zero-order valence-electron chi connectivity index (χ0n) is 12.1. The van der Waals surface area contributed by atoms with E-state index in [-0.39, 0.29) is 6.04 Å².